The van der Waals surface area contributed by atoms with Crippen LogP contribution in [0.1, 0.15) is 53.4 Å². The van der Waals surface area contributed by atoms with Crippen molar-refractivity contribution >= 4 is 0 Å². The molecule has 0 aliphatic heterocycles. The summed E-state index contributed by atoms with van der Waals surface area (Å²) in [6, 6.07) is 0. The lowest BCUT2D eigenvalue weighted by molar-refractivity contribution is 0.0569. The second-order valence-electron chi connectivity index (χ2n) is 6.74. The van der Waals surface area contributed by atoms with E-state index in [1.807, 2.05) is 0 Å². The third kappa shape index (κ3) is 1.71. The van der Waals surface area contributed by atoms with Gasteiger partial charge >= 0.3 is 0 Å². The van der Waals surface area contributed by atoms with Gasteiger partial charge in [0.1, 0.15) is 0 Å². The highest BCUT2D eigenvalue weighted by molar-refractivity contribution is 5.35. The lowest BCUT2D eigenvalue weighted by atomic mass is 9.49. The van der Waals surface area contributed by atoms with Crippen LogP contribution in [0.25, 0.3) is 0 Å². The fourth-order valence-corrected chi connectivity index (χ4v) is 4.25. The van der Waals surface area contributed by atoms with Crippen LogP contribution >= 0.6 is 0 Å². The van der Waals surface area contributed by atoms with Gasteiger partial charge < -0.3 is 5.73 Å². The van der Waals surface area contributed by atoms with E-state index in [2.05, 4.69) is 40.3 Å². The summed E-state index contributed by atoms with van der Waals surface area (Å²) in [6.07, 6.45) is 7.03. The Morgan fingerprint density at radius 2 is 2.06 bits per heavy atom. The van der Waals surface area contributed by atoms with Crippen LogP contribution in [0.15, 0.2) is 23.8 Å². The molecule has 2 N–H and O–H groups in total. The fraction of sp³-hybridized carbons (Fsp3) is 0.750. The Labute approximate surface area is 106 Å². The molecule has 1 heteroatoms. The number of allylic oxidation sites excluding steroid dienone is 1. The minimum atomic E-state index is -0.167. The summed E-state index contributed by atoms with van der Waals surface area (Å²) in [4.78, 5) is 0. The zero-order chi connectivity index (χ0) is 12.8. The van der Waals surface area contributed by atoms with Crippen molar-refractivity contribution in [1.82, 2.24) is 0 Å². The lowest BCUT2D eigenvalue weighted by Crippen LogP contribution is -2.62. The van der Waals surface area contributed by atoms with Crippen LogP contribution in [0.4, 0.5) is 0 Å². The van der Waals surface area contributed by atoms with Crippen LogP contribution in [0.3, 0.4) is 0 Å². The van der Waals surface area contributed by atoms with Gasteiger partial charge in [0.05, 0.1) is 0 Å². The molecule has 0 heterocycles. The van der Waals surface area contributed by atoms with Crippen LogP contribution in [0, 0.1) is 17.3 Å². The molecule has 2 aliphatic rings. The van der Waals surface area contributed by atoms with E-state index in [4.69, 9.17) is 5.73 Å². The van der Waals surface area contributed by atoms with Gasteiger partial charge in [0.25, 0.3) is 0 Å². The maximum absolute atomic E-state index is 6.79. The zero-order valence-corrected chi connectivity index (χ0v) is 11.8. The third-order valence-corrected chi connectivity index (χ3v) is 5.38. The molecule has 0 aromatic carbocycles. The number of fused-ring (bicyclic) bond motifs is 1. The molecule has 1 fully saturated rings. The Balaban J connectivity index is 2.51. The minimum absolute atomic E-state index is 0.110. The standard InChI is InChI=1S/C16H27N/c1-11(2)14-7-6-13(4)16(17)9-8-12(3)10-15(14,16)5/h10-11,14H,4,6-9,17H2,1-3,5H3/t14?,15?,16-/m1/s1. The van der Waals surface area contributed by atoms with Gasteiger partial charge in [0.2, 0.25) is 0 Å². The minimum Gasteiger partial charge on any atom is -0.321 e. The van der Waals surface area contributed by atoms with Crippen LogP contribution in [-0.4, -0.2) is 5.54 Å². The summed E-state index contributed by atoms with van der Waals surface area (Å²) >= 11 is 0. The van der Waals surface area contributed by atoms with Gasteiger partial charge in [-0.25, -0.2) is 0 Å². The van der Waals surface area contributed by atoms with Crippen molar-refractivity contribution in [3.05, 3.63) is 23.8 Å². The third-order valence-electron chi connectivity index (χ3n) is 5.38. The molecule has 2 rings (SSSR count). The molecule has 0 saturated heterocycles. The smallest absolute Gasteiger partial charge is 0.0461 e. The molecule has 0 aromatic rings. The van der Waals surface area contributed by atoms with E-state index in [0.717, 1.165) is 19.3 Å². The molecule has 0 spiro atoms. The molecule has 1 saturated carbocycles. The summed E-state index contributed by atoms with van der Waals surface area (Å²) in [5.41, 5.74) is 9.52. The van der Waals surface area contributed by atoms with Gasteiger partial charge in [-0.2, -0.15) is 0 Å². The monoisotopic (exact) mass is 233 g/mol. The second kappa shape index (κ2) is 3.98. The van der Waals surface area contributed by atoms with Crippen LogP contribution in [-0.2, 0) is 0 Å². The highest BCUT2D eigenvalue weighted by Crippen LogP contribution is 2.56. The van der Waals surface area contributed by atoms with Crippen molar-refractivity contribution in [1.29, 1.82) is 0 Å². The Morgan fingerprint density at radius 1 is 1.41 bits per heavy atom. The molecular weight excluding hydrogens is 206 g/mol. The molecule has 96 valence electrons. The molecule has 3 atom stereocenters. The van der Waals surface area contributed by atoms with E-state index < -0.39 is 0 Å². The van der Waals surface area contributed by atoms with Crippen LogP contribution < -0.4 is 5.73 Å². The summed E-state index contributed by atoms with van der Waals surface area (Å²) < 4.78 is 0. The summed E-state index contributed by atoms with van der Waals surface area (Å²) in [5.74, 6) is 1.38. The molecule has 1 nitrogen and oxygen atoms in total. The molecule has 0 bridgehead atoms. The Bertz CT molecular complexity index is 366. The van der Waals surface area contributed by atoms with E-state index in [1.165, 1.54) is 17.6 Å². The quantitative estimate of drug-likeness (QED) is 0.679. The summed E-state index contributed by atoms with van der Waals surface area (Å²) in [6.45, 7) is 13.6. The van der Waals surface area contributed by atoms with Gasteiger partial charge in [-0.1, -0.05) is 44.6 Å². The molecule has 2 unspecified atom stereocenters. The number of nitrogens with two attached hydrogens (primary N) is 1. The Hall–Kier alpha value is -0.560. The van der Waals surface area contributed by atoms with Gasteiger partial charge in [-0.15, -0.1) is 0 Å². The van der Waals surface area contributed by atoms with Crippen LogP contribution in [0.5, 0.6) is 0 Å². The number of hydrogen-bond donors (Lipinski definition) is 1. The Morgan fingerprint density at radius 3 is 2.65 bits per heavy atom. The van der Waals surface area contributed by atoms with Gasteiger partial charge in [-0.05, 0) is 44.4 Å². The summed E-state index contributed by atoms with van der Waals surface area (Å²) in [7, 11) is 0. The van der Waals surface area contributed by atoms with E-state index >= 15 is 0 Å². The normalized spacial score (nSPS) is 42.4. The zero-order valence-electron chi connectivity index (χ0n) is 11.8. The maximum atomic E-state index is 6.79. The van der Waals surface area contributed by atoms with Crippen molar-refractivity contribution < 1.29 is 0 Å². The molecule has 0 radical (unpaired) electrons. The Kier molecular flexibility index (Phi) is 3.02. The first-order chi connectivity index (χ1) is 7.81. The fourth-order valence-electron chi connectivity index (χ4n) is 4.25. The van der Waals surface area contributed by atoms with Crippen molar-refractivity contribution in [2.45, 2.75) is 58.9 Å². The van der Waals surface area contributed by atoms with Crippen molar-refractivity contribution in [2.75, 3.05) is 0 Å². The lowest BCUT2D eigenvalue weighted by Gasteiger charge is -2.57. The van der Waals surface area contributed by atoms with Crippen molar-refractivity contribution in [2.24, 2.45) is 23.0 Å². The second-order valence-corrected chi connectivity index (χ2v) is 6.74. The SMILES string of the molecule is C=C1CCC(C(C)C)C2(C)C=C(C)CC[C@@]12N. The predicted molar refractivity (Wildman–Crippen MR) is 74.7 cm³/mol. The molecule has 0 amide bonds. The van der Waals surface area contributed by atoms with Crippen LogP contribution in [0.2, 0.25) is 0 Å². The van der Waals surface area contributed by atoms with E-state index in [-0.39, 0.29) is 11.0 Å². The first-order valence-corrected chi connectivity index (χ1v) is 6.97. The highest BCUT2D eigenvalue weighted by atomic mass is 14.8. The largest absolute Gasteiger partial charge is 0.321 e. The average molecular weight is 233 g/mol. The number of hydrogen-bond acceptors (Lipinski definition) is 1. The van der Waals surface area contributed by atoms with Crippen molar-refractivity contribution in [3.63, 3.8) is 0 Å². The van der Waals surface area contributed by atoms with E-state index in [9.17, 15) is 0 Å². The average Bonchev–Trinajstić information content (AvgIpc) is 2.22. The topological polar surface area (TPSA) is 26.0 Å². The molecule has 2 aliphatic carbocycles. The van der Waals surface area contributed by atoms with Gasteiger partial charge in [0, 0.05) is 11.0 Å². The predicted octanol–water partition coefficient (Wildman–Crippen LogP) is 4.05. The van der Waals surface area contributed by atoms with E-state index in [0.29, 0.717) is 11.8 Å². The van der Waals surface area contributed by atoms with Crippen molar-refractivity contribution in [3.8, 4) is 0 Å². The number of rotatable bonds is 1. The van der Waals surface area contributed by atoms with Gasteiger partial charge in [-0.3, -0.25) is 0 Å². The molecular formula is C16H27N. The highest BCUT2D eigenvalue weighted by Gasteiger charge is 2.54. The molecule has 17 heavy (non-hydrogen) atoms. The first-order valence-electron chi connectivity index (χ1n) is 6.97. The maximum Gasteiger partial charge on any atom is 0.0461 e. The molecule has 0 aromatic heterocycles. The van der Waals surface area contributed by atoms with Gasteiger partial charge in [0.15, 0.2) is 0 Å². The first kappa shape index (κ1) is 12.9. The summed E-state index contributed by atoms with van der Waals surface area (Å²) in [5, 5.41) is 0. The van der Waals surface area contributed by atoms with E-state index in [1.54, 1.807) is 0 Å².